The van der Waals surface area contributed by atoms with Gasteiger partial charge in [-0.3, -0.25) is 9.89 Å². The maximum absolute atomic E-state index is 12.6. The third-order valence-electron chi connectivity index (χ3n) is 3.95. The van der Waals surface area contributed by atoms with Crippen LogP contribution in [0.4, 0.5) is 13.2 Å². The Kier molecular flexibility index (Phi) is 3.85. The number of nitrogens with two attached hydrogens (primary N) is 1. The summed E-state index contributed by atoms with van der Waals surface area (Å²) in [4.78, 5) is 13.4. The second kappa shape index (κ2) is 5.69. The Hall–Kier alpha value is -2.35. The van der Waals surface area contributed by atoms with Crippen LogP contribution in [0.2, 0.25) is 0 Å². The van der Waals surface area contributed by atoms with Gasteiger partial charge in [-0.2, -0.15) is 18.3 Å². The summed E-state index contributed by atoms with van der Waals surface area (Å²) < 4.78 is 37.9. The van der Waals surface area contributed by atoms with E-state index in [0.717, 1.165) is 23.4 Å². The van der Waals surface area contributed by atoms with E-state index in [9.17, 15) is 18.0 Å². The van der Waals surface area contributed by atoms with Crippen LogP contribution in [0.5, 0.6) is 0 Å². The van der Waals surface area contributed by atoms with Gasteiger partial charge in [-0.1, -0.05) is 12.1 Å². The van der Waals surface area contributed by atoms with Crippen molar-refractivity contribution >= 4 is 5.91 Å². The van der Waals surface area contributed by atoms with Crippen molar-refractivity contribution in [1.29, 1.82) is 0 Å². The van der Waals surface area contributed by atoms with Crippen LogP contribution in [0.15, 0.2) is 24.3 Å². The van der Waals surface area contributed by atoms with E-state index >= 15 is 0 Å². The maximum atomic E-state index is 12.6. The molecule has 0 saturated heterocycles. The third kappa shape index (κ3) is 2.94. The van der Waals surface area contributed by atoms with Crippen LogP contribution < -0.4 is 5.73 Å². The molecule has 0 saturated carbocycles. The number of fused-ring (bicyclic) bond motifs is 1. The van der Waals surface area contributed by atoms with E-state index in [-0.39, 0.29) is 12.5 Å². The lowest BCUT2D eigenvalue weighted by Crippen LogP contribution is -2.39. The van der Waals surface area contributed by atoms with E-state index in [2.05, 4.69) is 10.2 Å². The molecule has 2 heterocycles. The van der Waals surface area contributed by atoms with Crippen molar-refractivity contribution in [3.8, 4) is 11.3 Å². The molecule has 8 heteroatoms. The first-order chi connectivity index (χ1) is 10.9. The minimum atomic E-state index is -4.37. The molecule has 3 rings (SSSR count). The summed E-state index contributed by atoms with van der Waals surface area (Å²) in [5, 5.41) is 7.11. The molecule has 0 aliphatic carbocycles. The normalized spacial score (nSPS) is 14.7. The standard InChI is InChI=1S/C15H15F3N4O/c16-15(17,18)10-3-1-9(2-4-10)14-11-8-22(13(23)7-19)6-5-12(11)20-21-14/h1-4H,5-8,19H2,(H,20,21). The first-order valence-electron chi connectivity index (χ1n) is 7.11. The minimum Gasteiger partial charge on any atom is -0.337 e. The van der Waals surface area contributed by atoms with Gasteiger partial charge in [0.05, 0.1) is 17.8 Å². The van der Waals surface area contributed by atoms with Gasteiger partial charge in [-0.05, 0) is 12.1 Å². The fourth-order valence-corrected chi connectivity index (χ4v) is 2.69. The average molecular weight is 324 g/mol. The lowest BCUT2D eigenvalue weighted by atomic mass is 10.00. The number of aromatic nitrogens is 2. The summed E-state index contributed by atoms with van der Waals surface area (Å²) in [6, 6.07) is 4.84. The summed E-state index contributed by atoms with van der Waals surface area (Å²) in [5.41, 5.74) is 7.57. The quantitative estimate of drug-likeness (QED) is 0.886. The number of nitrogens with one attached hydrogen (secondary N) is 1. The molecule has 0 radical (unpaired) electrons. The van der Waals surface area contributed by atoms with Gasteiger partial charge in [0.1, 0.15) is 0 Å². The second-order valence-corrected chi connectivity index (χ2v) is 5.37. The number of carbonyl (C=O) groups is 1. The molecule has 1 aliphatic heterocycles. The van der Waals surface area contributed by atoms with Gasteiger partial charge < -0.3 is 10.6 Å². The molecule has 1 aromatic carbocycles. The molecule has 1 aliphatic rings. The van der Waals surface area contributed by atoms with E-state index in [0.29, 0.717) is 30.8 Å². The Bertz CT molecular complexity index is 721. The number of amides is 1. The van der Waals surface area contributed by atoms with Crippen LogP contribution in [-0.2, 0) is 23.9 Å². The summed E-state index contributed by atoms with van der Waals surface area (Å²) in [5.74, 6) is -0.157. The Morgan fingerprint density at radius 1 is 1.30 bits per heavy atom. The van der Waals surface area contributed by atoms with Crippen LogP contribution in [0.3, 0.4) is 0 Å². The lowest BCUT2D eigenvalue weighted by Gasteiger charge is -2.26. The summed E-state index contributed by atoms with van der Waals surface area (Å²) in [6.07, 6.45) is -3.75. The van der Waals surface area contributed by atoms with Crippen molar-refractivity contribution in [1.82, 2.24) is 15.1 Å². The molecule has 2 aromatic rings. The molecule has 1 aromatic heterocycles. The molecule has 0 spiro atoms. The Morgan fingerprint density at radius 3 is 2.61 bits per heavy atom. The smallest absolute Gasteiger partial charge is 0.337 e. The Balaban J connectivity index is 1.91. The summed E-state index contributed by atoms with van der Waals surface area (Å²) >= 11 is 0. The fourth-order valence-electron chi connectivity index (χ4n) is 2.69. The van der Waals surface area contributed by atoms with Gasteiger partial charge in [0.2, 0.25) is 5.91 Å². The molecule has 0 unspecified atom stereocenters. The molecule has 122 valence electrons. The number of aromatic amines is 1. The summed E-state index contributed by atoms with van der Waals surface area (Å²) in [6.45, 7) is 0.846. The highest BCUT2D eigenvalue weighted by Crippen LogP contribution is 2.32. The van der Waals surface area contributed by atoms with Gasteiger partial charge in [0.25, 0.3) is 0 Å². The van der Waals surface area contributed by atoms with Gasteiger partial charge in [0, 0.05) is 36.3 Å². The number of hydrogen-bond donors (Lipinski definition) is 2. The number of nitrogens with zero attached hydrogens (tertiary/aromatic N) is 2. The molecule has 0 fully saturated rings. The third-order valence-corrected chi connectivity index (χ3v) is 3.95. The predicted octanol–water partition coefficient (Wildman–Crippen LogP) is 1.94. The molecule has 0 bridgehead atoms. The van der Waals surface area contributed by atoms with Crippen molar-refractivity contribution < 1.29 is 18.0 Å². The van der Waals surface area contributed by atoms with Crippen molar-refractivity contribution in [2.24, 2.45) is 5.73 Å². The fraction of sp³-hybridized carbons (Fsp3) is 0.333. The largest absolute Gasteiger partial charge is 0.416 e. The zero-order valence-electron chi connectivity index (χ0n) is 12.2. The Morgan fingerprint density at radius 2 is 2.00 bits per heavy atom. The van der Waals surface area contributed by atoms with E-state index in [1.54, 1.807) is 4.90 Å². The first kappa shape index (κ1) is 15.5. The van der Waals surface area contributed by atoms with Crippen molar-refractivity contribution in [3.05, 3.63) is 41.1 Å². The van der Waals surface area contributed by atoms with E-state index in [1.165, 1.54) is 12.1 Å². The van der Waals surface area contributed by atoms with Gasteiger partial charge in [0.15, 0.2) is 0 Å². The maximum Gasteiger partial charge on any atom is 0.416 e. The van der Waals surface area contributed by atoms with Crippen LogP contribution in [0.25, 0.3) is 11.3 Å². The molecular weight excluding hydrogens is 309 g/mol. The highest BCUT2D eigenvalue weighted by molar-refractivity contribution is 5.79. The van der Waals surface area contributed by atoms with Crippen molar-refractivity contribution in [2.45, 2.75) is 19.1 Å². The van der Waals surface area contributed by atoms with Gasteiger partial charge in [-0.15, -0.1) is 0 Å². The zero-order chi connectivity index (χ0) is 16.6. The molecular formula is C15H15F3N4O. The highest BCUT2D eigenvalue weighted by atomic mass is 19.4. The van der Waals surface area contributed by atoms with Gasteiger partial charge >= 0.3 is 6.18 Å². The molecule has 0 atom stereocenters. The van der Waals surface area contributed by atoms with E-state index in [4.69, 9.17) is 5.73 Å². The van der Waals surface area contributed by atoms with Crippen molar-refractivity contribution in [3.63, 3.8) is 0 Å². The minimum absolute atomic E-state index is 0.0667. The lowest BCUT2D eigenvalue weighted by molar-refractivity contribution is -0.137. The number of carbonyl (C=O) groups excluding carboxylic acids is 1. The topological polar surface area (TPSA) is 75.0 Å². The van der Waals surface area contributed by atoms with Crippen LogP contribution in [0.1, 0.15) is 16.8 Å². The van der Waals surface area contributed by atoms with Gasteiger partial charge in [-0.25, -0.2) is 0 Å². The monoisotopic (exact) mass is 324 g/mol. The number of halogens is 3. The number of benzene rings is 1. The number of rotatable bonds is 2. The molecule has 5 nitrogen and oxygen atoms in total. The molecule has 3 N–H and O–H groups in total. The average Bonchev–Trinajstić information content (AvgIpc) is 2.96. The SMILES string of the molecule is NCC(=O)N1CCc2[nH]nc(-c3ccc(C(F)(F)F)cc3)c2C1. The molecule has 1 amide bonds. The van der Waals surface area contributed by atoms with Crippen LogP contribution in [0, 0.1) is 0 Å². The Labute approximate surface area is 130 Å². The highest BCUT2D eigenvalue weighted by Gasteiger charge is 2.30. The van der Waals surface area contributed by atoms with E-state index in [1.807, 2.05) is 0 Å². The van der Waals surface area contributed by atoms with E-state index < -0.39 is 11.7 Å². The number of alkyl halides is 3. The predicted molar refractivity (Wildman–Crippen MR) is 77.2 cm³/mol. The van der Waals surface area contributed by atoms with Crippen LogP contribution >= 0.6 is 0 Å². The number of hydrogen-bond acceptors (Lipinski definition) is 3. The van der Waals surface area contributed by atoms with Crippen LogP contribution in [-0.4, -0.2) is 34.1 Å². The first-order valence-corrected chi connectivity index (χ1v) is 7.11. The summed E-state index contributed by atoms with van der Waals surface area (Å²) in [7, 11) is 0. The van der Waals surface area contributed by atoms with Crippen molar-refractivity contribution in [2.75, 3.05) is 13.1 Å². The second-order valence-electron chi connectivity index (χ2n) is 5.37. The number of H-pyrrole nitrogens is 1. The molecule has 23 heavy (non-hydrogen) atoms. The zero-order valence-corrected chi connectivity index (χ0v) is 12.2.